The molecule has 0 aliphatic rings. The highest BCUT2D eigenvalue weighted by Gasteiger charge is 2.11. The van der Waals surface area contributed by atoms with E-state index in [0.717, 1.165) is 23.1 Å². The van der Waals surface area contributed by atoms with Crippen molar-refractivity contribution in [1.29, 1.82) is 0 Å². The van der Waals surface area contributed by atoms with E-state index >= 15 is 0 Å². The summed E-state index contributed by atoms with van der Waals surface area (Å²) in [4.78, 5) is 0.983. The minimum absolute atomic E-state index is 0.269. The van der Waals surface area contributed by atoms with Gasteiger partial charge in [-0.3, -0.25) is 0 Å². The molecule has 0 aliphatic heterocycles. The lowest BCUT2D eigenvalue weighted by atomic mass is 10.1. The van der Waals surface area contributed by atoms with Gasteiger partial charge < -0.3 is 5.11 Å². The zero-order valence-corrected chi connectivity index (χ0v) is 9.18. The van der Waals surface area contributed by atoms with E-state index in [4.69, 9.17) is 0 Å². The van der Waals surface area contributed by atoms with Crippen LogP contribution in [0.1, 0.15) is 16.5 Å². The molecule has 0 radical (unpaired) electrons. The zero-order valence-electron chi connectivity index (χ0n) is 8.36. The van der Waals surface area contributed by atoms with Gasteiger partial charge in [-0.05, 0) is 29.1 Å². The molecule has 1 heterocycles. The summed E-state index contributed by atoms with van der Waals surface area (Å²) in [6.07, 6.45) is -0.496. The van der Waals surface area contributed by atoms with Crippen LogP contribution in [0.2, 0.25) is 0 Å². The fraction of sp³-hybridized carbons (Fsp3) is 0.167. The Morgan fingerprint density at radius 1 is 1.19 bits per heavy atom. The Labute approximate surface area is 96.0 Å². The molecule has 0 bridgehead atoms. The number of hydrogen-bond acceptors (Lipinski definition) is 2. The van der Waals surface area contributed by atoms with E-state index in [2.05, 4.69) is 0 Å². The Kier molecular flexibility index (Phi) is 3.31. The Morgan fingerprint density at radius 2 is 1.88 bits per heavy atom. The van der Waals surface area contributed by atoms with Crippen LogP contribution in [0.15, 0.2) is 35.7 Å². The fourth-order valence-corrected chi connectivity index (χ4v) is 2.25. The van der Waals surface area contributed by atoms with Gasteiger partial charge in [0.2, 0.25) is 0 Å². The molecule has 0 spiro atoms. The summed E-state index contributed by atoms with van der Waals surface area (Å²) in [5.74, 6) is -1.33. The van der Waals surface area contributed by atoms with Crippen LogP contribution in [0.3, 0.4) is 0 Å². The lowest BCUT2D eigenvalue weighted by molar-refractivity contribution is 0.178. The second kappa shape index (κ2) is 4.72. The third-order valence-electron chi connectivity index (χ3n) is 2.24. The molecule has 4 heteroatoms. The molecular weight excluding hydrogens is 230 g/mol. The summed E-state index contributed by atoms with van der Waals surface area (Å²) in [6.45, 7) is 0. The maximum atomic E-state index is 12.9. The van der Waals surface area contributed by atoms with E-state index in [1.165, 1.54) is 11.3 Å². The van der Waals surface area contributed by atoms with Crippen molar-refractivity contribution in [3.05, 3.63) is 57.8 Å². The minimum Gasteiger partial charge on any atom is -0.388 e. The monoisotopic (exact) mass is 240 g/mol. The fourth-order valence-electron chi connectivity index (χ4n) is 1.50. The molecule has 1 unspecified atom stereocenters. The van der Waals surface area contributed by atoms with Gasteiger partial charge in [0.15, 0.2) is 0 Å². The average molecular weight is 240 g/mol. The maximum Gasteiger partial charge on any atom is 0.126 e. The number of halogens is 2. The quantitative estimate of drug-likeness (QED) is 0.872. The number of aliphatic hydroxyl groups is 1. The third-order valence-corrected chi connectivity index (χ3v) is 3.14. The SMILES string of the molecule is OC(Cc1cccs1)c1cc(F)cc(F)c1. The lowest BCUT2D eigenvalue weighted by Crippen LogP contribution is -2.01. The van der Waals surface area contributed by atoms with Crippen molar-refractivity contribution in [2.45, 2.75) is 12.5 Å². The van der Waals surface area contributed by atoms with Crippen LogP contribution in [-0.2, 0) is 6.42 Å². The molecular formula is C12H10F2OS. The Bertz CT molecular complexity index is 448. The molecule has 1 aromatic carbocycles. The highest BCUT2D eigenvalue weighted by Crippen LogP contribution is 2.22. The number of rotatable bonds is 3. The van der Waals surface area contributed by atoms with Crippen LogP contribution >= 0.6 is 11.3 Å². The van der Waals surface area contributed by atoms with Gasteiger partial charge in [0, 0.05) is 17.4 Å². The molecule has 1 N–H and O–H groups in total. The predicted molar refractivity (Wildman–Crippen MR) is 59.3 cm³/mol. The number of benzene rings is 1. The van der Waals surface area contributed by atoms with Crippen molar-refractivity contribution in [3.63, 3.8) is 0 Å². The first-order valence-electron chi connectivity index (χ1n) is 4.81. The first kappa shape index (κ1) is 11.2. The Balaban J connectivity index is 2.17. The number of hydrogen-bond donors (Lipinski definition) is 1. The number of aliphatic hydroxyl groups excluding tert-OH is 1. The van der Waals surface area contributed by atoms with Crippen LogP contribution in [0.5, 0.6) is 0 Å². The smallest absolute Gasteiger partial charge is 0.126 e. The summed E-state index contributed by atoms with van der Waals surface area (Å²) in [7, 11) is 0. The topological polar surface area (TPSA) is 20.2 Å². The first-order valence-corrected chi connectivity index (χ1v) is 5.69. The summed E-state index contributed by atoms with van der Waals surface area (Å²) in [5, 5.41) is 11.7. The second-order valence-electron chi connectivity index (χ2n) is 3.50. The molecule has 2 rings (SSSR count). The molecule has 1 aromatic heterocycles. The van der Waals surface area contributed by atoms with Crippen molar-refractivity contribution in [3.8, 4) is 0 Å². The van der Waals surface area contributed by atoms with Crippen molar-refractivity contribution in [2.24, 2.45) is 0 Å². The van der Waals surface area contributed by atoms with Crippen LogP contribution in [0, 0.1) is 11.6 Å². The van der Waals surface area contributed by atoms with Crippen LogP contribution in [0.4, 0.5) is 8.78 Å². The van der Waals surface area contributed by atoms with Gasteiger partial charge in [-0.1, -0.05) is 6.07 Å². The van der Waals surface area contributed by atoms with Crippen molar-refractivity contribution < 1.29 is 13.9 Å². The molecule has 0 amide bonds. The van der Waals surface area contributed by atoms with Crippen LogP contribution in [-0.4, -0.2) is 5.11 Å². The molecule has 2 aromatic rings. The largest absolute Gasteiger partial charge is 0.388 e. The highest BCUT2D eigenvalue weighted by molar-refractivity contribution is 7.09. The molecule has 0 saturated carbocycles. The van der Waals surface area contributed by atoms with Gasteiger partial charge >= 0.3 is 0 Å². The normalized spacial score (nSPS) is 12.7. The first-order chi connectivity index (χ1) is 7.65. The maximum absolute atomic E-state index is 12.9. The van der Waals surface area contributed by atoms with E-state index in [9.17, 15) is 13.9 Å². The predicted octanol–water partition coefficient (Wildman–Crippen LogP) is 3.30. The lowest BCUT2D eigenvalue weighted by Gasteiger charge is -2.09. The van der Waals surface area contributed by atoms with E-state index in [0.29, 0.717) is 6.42 Å². The van der Waals surface area contributed by atoms with Crippen LogP contribution in [0.25, 0.3) is 0 Å². The van der Waals surface area contributed by atoms with E-state index in [1.807, 2.05) is 17.5 Å². The summed E-state index contributed by atoms with van der Waals surface area (Å²) >= 11 is 1.51. The minimum atomic E-state index is -0.871. The Morgan fingerprint density at radius 3 is 2.44 bits per heavy atom. The second-order valence-corrected chi connectivity index (χ2v) is 4.53. The van der Waals surface area contributed by atoms with Gasteiger partial charge in [0.05, 0.1) is 6.10 Å². The standard InChI is InChI=1S/C12H10F2OS/c13-9-4-8(5-10(14)6-9)12(15)7-11-2-1-3-16-11/h1-6,12,15H,7H2. The van der Waals surface area contributed by atoms with Crippen LogP contribution < -0.4 is 0 Å². The van der Waals surface area contributed by atoms with Gasteiger partial charge in [-0.25, -0.2) is 8.78 Å². The third kappa shape index (κ3) is 2.65. The molecule has 0 aliphatic carbocycles. The van der Waals surface area contributed by atoms with Gasteiger partial charge in [0.25, 0.3) is 0 Å². The van der Waals surface area contributed by atoms with Crippen molar-refractivity contribution in [1.82, 2.24) is 0 Å². The molecule has 0 saturated heterocycles. The van der Waals surface area contributed by atoms with Crippen molar-refractivity contribution in [2.75, 3.05) is 0 Å². The number of thiophene rings is 1. The molecule has 0 fully saturated rings. The van der Waals surface area contributed by atoms with Gasteiger partial charge in [0.1, 0.15) is 11.6 Å². The van der Waals surface area contributed by atoms with Gasteiger partial charge in [-0.2, -0.15) is 0 Å². The summed E-state index contributed by atoms with van der Waals surface area (Å²) < 4.78 is 25.8. The highest BCUT2D eigenvalue weighted by atomic mass is 32.1. The van der Waals surface area contributed by atoms with E-state index in [1.54, 1.807) is 0 Å². The molecule has 1 atom stereocenters. The van der Waals surface area contributed by atoms with Gasteiger partial charge in [-0.15, -0.1) is 11.3 Å². The zero-order chi connectivity index (χ0) is 11.5. The molecule has 1 nitrogen and oxygen atoms in total. The Hall–Kier alpha value is -1.26. The van der Waals surface area contributed by atoms with E-state index in [-0.39, 0.29) is 5.56 Å². The summed E-state index contributed by atoms with van der Waals surface area (Å²) in [5.41, 5.74) is 0.269. The van der Waals surface area contributed by atoms with Crippen molar-refractivity contribution >= 4 is 11.3 Å². The van der Waals surface area contributed by atoms with E-state index < -0.39 is 17.7 Å². The average Bonchev–Trinajstić information content (AvgIpc) is 2.68. The summed E-state index contributed by atoms with van der Waals surface area (Å²) in [6, 6.07) is 6.85. The molecule has 16 heavy (non-hydrogen) atoms. The molecule has 84 valence electrons.